The zero-order valence-electron chi connectivity index (χ0n) is 9.08. The molecule has 1 rings (SSSR count). The van der Waals surface area contributed by atoms with E-state index in [1.807, 2.05) is 0 Å². The van der Waals surface area contributed by atoms with Crippen molar-refractivity contribution in [1.29, 1.82) is 0 Å². The van der Waals surface area contributed by atoms with E-state index in [4.69, 9.17) is 11.9 Å². The number of aromatic nitrogens is 1. The van der Waals surface area contributed by atoms with Gasteiger partial charge in [-0.05, 0) is 23.3 Å². The Morgan fingerprint density at radius 3 is 2.89 bits per heavy atom. The normalized spacial score (nSPS) is 10.1. The van der Waals surface area contributed by atoms with Crippen molar-refractivity contribution >= 4 is 45.1 Å². The summed E-state index contributed by atoms with van der Waals surface area (Å²) >= 11 is 4.87. The van der Waals surface area contributed by atoms with Crippen molar-refractivity contribution in [1.82, 2.24) is 4.98 Å². The van der Waals surface area contributed by atoms with Crippen molar-refractivity contribution in [2.45, 2.75) is 17.9 Å². The highest BCUT2D eigenvalue weighted by atomic mass is 35.5. The summed E-state index contributed by atoms with van der Waals surface area (Å²) in [4.78, 5) is 24.5. The third-order valence-corrected chi connectivity index (χ3v) is 4.29. The fourth-order valence-corrected chi connectivity index (χ4v) is 2.97. The predicted molar refractivity (Wildman–Crippen MR) is 70.4 cm³/mol. The van der Waals surface area contributed by atoms with Gasteiger partial charge in [0.05, 0.1) is 4.92 Å². The van der Waals surface area contributed by atoms with Crippen LogP contribution in [0.3, 0.4) is 0 Å². The molecule has 0 aliphatic heterocycles. The van der Waals surface area contributed by atoms with Gasteiger partial charge in [-0.2, -0.15) is 0 Å². The summed E-state index contributed by atoms with van der Waals surface area (Å²) in [7, 11) is 2.90. The van der Waals surface area contributed by atoms with Crippen LogP contribution in [0.15, 0.2) is 23.4 Å². The first-order valence-electron chi connectivity index (χ1n) is 4.85. The summed E-state index contributed by atoms with van der Waals surface area (Å²) in [5, 5.41) is 11.1. The van der Waals surface area contributed by atoms with E-state index in [0.29, 0.717) is 11.4 Å². The van der Waals surface area contributed by atoms with Gasteiger partial charge >= 0.3 is 5.97 Å². The smallest absolute Gasteiger partial charge is 0.324 e. The quantitative estimate of drug-likeness (QED) is 0.331. The van der Waals surface area contributed by atoms with E-state index < -0.39 is 10.9 Å². The van der Waals surface area contributed by atoms with Crippen LogP contribution in [0.25, 0.3) is 0 Å². The summed E-state index contributed by atoms with van der Waals surface area (Å²) in [5.74, 6) is 0.283. The Morgan fingerprint density at radius 1 is 1.56 bits per heavy atom. The van der Waals surface area contributed by atoms with Crippen molar-refractivity contribution < 1.29 is 14.0 Å². The molecule has 0 radical (unpaired) electrons. The minimum atomic E-state index is -0.494. The lowest BCUT2D eigenvalue weighted by atomic mass is 10.3. The lowest BCUT2D eigenvalue weighted by molar-refractivity contribution is -0.385. The predicted octanol–water partition coefficient (Wildman–Crippen LogP) is 3.21. The van der Waals surface area contributed by atoms with E-state index in [2.05, 4.69) is 9.27 Å². The van der Waals surface area contributed by atoms with E-state index in [9.17, 15) is 14.9 Å². The monoisotopic (exact) mass is 308 g/mol. The Hall–Kier alpha value is -0.990. The van der Waals surface area contributed by atoms with Crippen LogP contribution in [0.1, 0.15) is 12.8 Å². The number of nitro groups is 1. The van der Waals surface area contributed by atoms with Gasteiger partial charge in [-0.15, -0.1) is 0 Å². The fourth-order valence-electron chi connectivity index (χ4n) is 0.946. The molecule has 6 nitrogen and oxygen atoms in total. The first-order valence-corrected chi connectivity index (χ1v) is 7.47. The van der Waals surface area contributed by atoms with Crippen LogP contribution in [-0.2, 0) is 9.08 Å². The number of pyridine rings is 1. The SMILES string of the molecule is O=C(CCCSSc1ccc([N+](=O)[O-])cn1)OCl. The Kier molecular flexibility index (Phi) is 6.84. The lowest BCUT2D eigenvalue weighted by Gasteiger charge is -1.99. The molecule has 0 saturated carbocycles. The number of nitrogens with zero attached hydrogens (tertiary/aromatic N) is 2. The van der Waals surface area contributed by atoms with Crippen LogP contribution in [0.2, 0.25) is 0 Å². The summed E-state index contributed by atoms with van der Waals surface area (Å²) in [5.41, 5.74) is -0.0331. The summed E-state index contributed by atoms with van der Waals surface area (Å²) in [6.45, 7) is 0. The van der Waals surface area contributed by atoms with Crippen molar-refractivity contribution in [3.05, 3.63) is 28.4 Å². The third-order valence-electron chi connectivity index (χ3n) is 1.77. The fraction of sp³-hybridized carbons (Fsp3) is 0.333. The zero-order valence-corrected chi connectivity index (χ0v) is 11.5. The van der Waals surface area contributed by atoms with Gasteiger partial charge in [0.2, 0.25) is 0 Å². The van der Waals surface area contributed by atoms with Gasteiger partial charge < -0.3 is 4.29 Å². The van der Waals surface area contributed by atoms with Crippen LogP contribution in [-0.4, -0.2) is 21.6 Å². The summed E-state index contributed by atoms with van der Waals surface area (Å²) in [6.07, 6.45) is 2.13. The molecule has 0 aliphatic carbocycles. The summed E-state index contributed by atoms with van der Waals surface area (Å²) < 4.78 is 3.99. The second kappa shape index (κ2) is 8.17. The van der Waals surface area contributed by atoms with Gasteiger partial charge in [0.15, 0.2) is 0 Å². The molecule has 1 heterocycles. The summed E-state index contributed by atoms with van der Waals surface area (Å²) in [6, 6.07) is 2.99. The maximum Gasteiger partial charge on any atom is 0.324 e. The minimum Gasteiger partial charge on any atom is -0.348 e. The van der Waals surface area contributed by atoms with Crippen LogP contribution < -0.4 is 0 Å². The second-order valence-electron chi connectivity index (χ2n) is 3.07. The minimum absolute atomic E-state index is 0.0331. The van der Waals surface area contributed by atoms with Gasteiger partial charge in [0.25, 0.3) is 5.69 Å². The van der Waals surface area contributed by atoms with Crippen molar-refractivity contribution in [2.24, 2.45) is 0 Å². The van der Waals surface area contributed by atoms with Gasteiger partial charge in [0.1, 0.15) is 23.1 Å². The van der Waals surface area contributed by atoms with Crippen LogP contribution in [0.5, 0.6) is 0 Å². The van der Waals surface area contributed by atoms with Gasteiger partial charge in [-0.1, -0.05) is 10.8 Å². The van der Waals surface area contributed by atoms with E-state index in [0.717, 1.165) is 5.75 Å². The molecule has 18 heavy (non-hydrogen) atoms. The Bertz CT molecular complexity index is 416. The molecule has 0 aromatic carbocycles. The Balaban J connectivity index is 2.23. The van der Waals surface area contributed by atoms with E-state index in [-0.39, 0.29) is 12.1 Å². The number of carbonyl (C=O) groups excluding carboxylic acids is 1. The van der Waals surface area contributed by atoms with E-state index in [1.54, 1.807) is 6.07 Å². The first-order chi connectivity index (χ1) is 8.63. The van der Waals surface area contributed by atoms with Crippen LogP contribution in [0, 0.1) is 10.1 Å². The van der Waals surface area contributed by atoms with Crippen molar-refractivity contribution in [3.63, 3.8) is 0 Å². The number of carbonyl (C=O) groups is 1. The molecule has 1 aromatic rings. The molecular formula is C9H9ClN2O4S2. The molecule has 1 aromatic heterocycles. The number of halogens is 1. The Morgan fingerprint density at radius 2 is 2.33 bits per heavy atom. The number of hydrogen-bond acceptors (Lipinski definition) is 7. The average molecular weight is 309 g/mol. The van der Waals surface area contributed by atoms with Crippen molar-refractivity contribution in [2.75, 3.05) is 5.75 Å². The molecular weight excluding hydrogens is 300 g/mol. The highest BCUT2D eigenvalue weighted by Gasteiger charge is 2.06. The zero-order chi connectivity index (χ0) is 13.4. The molecule has 0 amide bonds. The molecule has 0 atom stereocenters. The maximum absolute atomic E-state index is 10.7. The second-order valence-corrected chi connectivity index (χ2v) is 5.66. The first kappa shape index (κ1) is 15.1. The molecule has 0 N–H and O–H groups in total. The van der Waals surface area contributed by atoms with E-state index in [1.165, 1.54) is 33.9 Å². The van der Waals surface area contributed by atoms with Gasteiger partial charge in [-0.3, -0.25) is 14.9 Å². The van der Waals surface area contributed by atoms with E-state index >= 15 is 0 Å². The third kappa shape index (κ3) is 5.56. The molecule has 98 valence electrons. The molecule has 9 heteroatoms. The van der Waals surface area contributed by atoms with Gasteiger partial charge in [-0.25, -0.2) is 4.98 Å². The Labute approximate surface area is 116 Å². The topological polar surface area (TPSA) is 82.3 Å². The number of hydrogen-bond donors (Lipinski definition) is 0. The highest BCUT2D eigenvalue weighted by Crippen LogP contribution is 2.30. The molecule has 0 bridgehead atoms. The molecule has 0 spiro atoms. The lowest BCUT2D eigenvalue weighted by Crippen LogP contribution is -1.96. The standard InChI is InChI=1S/C9H9ClN2O4S2/c10-16-9(13)2-1-5-17-18-8-4-3-7(6-11-8)12(14)15/h3-4,6H,1-2,5H2. The molecule has 0 unspecified atom stereocenters. The largest absolute Gasteiger partial charge is 0.348 e. The van der Waals surface area contributed by atoms with Gasteiger partial charge in [0, 0.05) is 18.2 Å². The molecule has 0 fully saturated rings. The molecule has 0 aliphatic rings. The maximum atomic E-state index is 10.7. The average Bonchev–Trinajstić information content (AvgIpc) is 2.38. The number of rotatable bonds is 7. The molecule has 0 saturated heterocycles. The van der Waals surface area contributed by atoms with Crippen LogP contribution in [0.4, 0.5) is 5.69 Å². The van der Waals surface area contributed by atoms with Crippen LogP contribution >= 0.6 is 33.5 Å². The van der Waals surface area contributed by atoms with Crippen molar-refractivity contribution in [3.8, 4) is 0 Å². The highest BCUT2D eigenvalue weighted by molar-refractivity contribution is 8.76.